The highest BCUT2D eigenvalue weighted by Crippen LogP contribution is 2.35. The summed E-state index contributed by atoms with van der Waals surface area (Å²) in [6.45, 7) is 8.17. The summed E-state index contributed by atoms with van der Waals surface area (Å²) in [6.07, 6.45) is 0. The Balaban J connectivity index is 2.56. The maximum Gasteiger partial charge on any atom is 0.338 e. The molecule has 0 radical (unpaired) electrons. The van der Waals surface area contributed by atoms with Gasteiger partial charge < -0.3 is 24.8 Å². The van der Waals surface area contributed by atoms with Crippen molar-refractivity contribution >= 4 is 12.0 Å². The first kappa shape index (κ1) is 19.6. The molecule has 0 aliphatic carbocycles. The second kappa shape index (κ2) is 8.60. The van der Waals surface area contributed by atoms with Crippen LogP contribution in [0.4, 0.5) is 4.79 Å². The van der Waals surface area contributed by atoms with Crippen molar-refractivity contribution in [2.45, 2.75) is 33.7 Å². The van der Waals surface area contributed by atoms with Crippen molar-refractivity contribution in [3.8, 4) is 11.5 Å². The van der Waals surface area contributed by atoms with Crippen LogP contribution >= 0.6 is 0 Å². The Morgan fingerprint density at radius 1 is 1.19 bits per heavy atom. The van der Waals surface area contributed by atoms with E-state index < -0.39 is 12.0 Å². The number of carbonyl (C=O) groups is 2. The first-order valence-corrected chi connectivity index (χ1v) is 8.72. The van der Waals surface area contributed by atoms with Gasteiger partial charge in [-0.05, 0) is 37.5 Å². The van der Waals surface area contributed by atoms with E-state index in [2.05, 4.69) is 10.6 Å². The fraction of sp³-hybridized carbons (Fsp3) is 0.474. The quantitative estimate of drug-likeness (QED) is 0.729. The Morgan fingerprint density at radius 2 is 1.92 bits per heavy atom. The molecule has 0 fully saturated rings. The fourth-order valence-electron chi connectivity index (χ4n) is 2.87. The van der Waals surface area contributed by atoms with Gasteiger partial charge >= 0.3 is 12.0 Å². The lowest BCUT2D eigenvalue weighted by molar-refractivity contribution is -0.139. The average molecular weight is 362 g/mol. The van der Waals surface area contributed by atoms with Gasteiger partial charge in [-0.3, -0.25) is 0 Å². The van der Waals surface area contributed by atoms with Crippen LogP contribution in [0.3, 0.4) is 0 Å². The van der Waals surface area contributed by atoms with E-state index in [-0.39, 0.29) is 18.6 Å². The second-order valence-corrected chi connectivity index (χ2v) is 6.08. The largest absolute Gasteiger partial charge is 0.493 e. The van der Waals surface area contributed by atoms with E-state index in [0.717, 1.165) is 0 Å². The molecule has 7 nitrogen and oxygen atoms in total. The van der Waals surface area contributed by atoms with Crippen LogP contribution in [0.15, 0.2) is 29.5 Å². The molecule has 1 aliphatic heterocycles. The van der Waals surface area contributed by atoms with Crippen molar-refractivity contribution in [2.75, 3.05) is 20.3 Å². The minimum Gasteiger partial charge on any atom is -0.493 e. The van der Waals surface area contributed by atoms with Crippen molar-refractivity contribution in [1.29, 1.82) is 0 Å². The van der Waals surface area contributed by atoms with Gasteiger partial charge in [-0.15, -0.1) is 0 Å². The van der Waals surface area contributed by atoms with E-state index >= 15 is 0 Å². The molecule has 1 unspecified atom stereocenters. The molecule has 0 saturated heterocycles. The maximum atomic E-state index is 12.6. The summed E-state index contributed by atoms with van der Waals surface area (Å²) in [4.78, 5) is 24.8. The summed E-state index contributed by atoms with van der Waals surface area (Å²) in [7, 11) is 1.56. The number of methoxy groups -OCH3 is 1. The lowest BCUT2D eigenvalue weighted by Crippen LogP contribution is -2.47. The molecule has 1 aromatic rings. The number of nitrogens with one attached hydrogen (secondary N) is 2. The van der Waals surface area contributed by atoms with E-state index in [4.69, 9.17) is 14.2 Å². The van der Waals surface area contributed by atoms with Crippen molar-refractivity contribution in [3.05, 3.63) is 35.0 Å². The van der Waals surface area contributed by atoms with Gasteiger partial charge in [0.05, 0.1) is 31.9 Å². The Hall–Kier alpha value is -2.70. The fourth-order valence-corrected chi connectivity index (χ4v) is 2.87. The minimum atomic E-state index is -0.634. The first-order valence-electron chi connectivity index (χ1n) is 8.72. The molecule has 1 aromatic carbocycles. The Labute approximate surface area is 153 Å². The average Bonchev–Trinajstić information content (AvgIpc) is 2.61. The van der Waals surface area contributed by atoms with Crippen molar-refractivity contribution in [2.24, 2.45) is 5.92 Å². The maximum absolute atomic E-state index is 12.6. The SMILES string of the molecule is CCOC(=O)C1=C(C(C)C)NC(=O)NC1c1ccc(OC)c(OCC)c1. The molecule has 0 aromatic heterocycles. The van der Waals surface area contributed by atoms with Gasteiger partial charge in [-0.2, -0.15) is 0 Å². The number of ether oxygens (including phenoxy) is 3. The molecule has 1 heterocycles. The summed E-state index contributed by atoms with van der Waals surface area (Å²) >= 11 is 0. The Morgan fingerprint density at radius 3 is 2.50 bits per heavy atom. The zero-order valence-corrected chi connectivity index (χ0v) is 15.8. The number of carbonyl (C=O) groups excluding carboxylic acids is 2. The van der Waals surface area contributed by atoms with Gasteiger partial charge in [0.1, 0.15) is 0 Å². The Kier molecular flexibility index (Phi) is 6.49. The summed E-state index contributed by atoms with van der Waals surface area (Å²) < 4.78 is 16.2. The van der Waals surface area contributed by atoms with Gasteiger partial charge in [-0.25, -0.2) is 9.59 Å². The van der Waals surface area contributed by atoms with Gasteiger partial charge in [0.2, 0.25) is 0 Å². The summed E-state index contributed by atoms with van der Waals surface area (Å²) in [5.41, 5.74) is 1.67. The molecule has 2 amide bonds. The molecular weight excluding hydrogens is 336 g/mol. The normalized spacial score (nSPS) is 16.8. The molecule has 7 heteroatoms. The molecular formula is C19H26N2O5. The monoisotopic (exact) mass is 362 g/mol. The predicted octanol–water partition coefficient (Wildman–Crippen LogP) is 2.92. The van der Waals surface area contributed by atoms with Gasteiger partial charge in [0, 0.05) is 5.70 Å². The topological polar surface area (TPSA) is 85.9 Å². The van der Waals surface area contributed by atoms with Crippen molar-refractivity contribution in [3.63, 3.8) is 0 Å². The zero-order chi connectivity index (χ0) is 19.3. The molecule has 1 atom stereocenters. The number of allylic oxidation sites excluding steroid dienone is 1. The van der Waals surface area contributed by atoms with Crippen LogP contribution in [0.5, 0.6) is 11.5 Å². The molecule has 0 bridgehead atoms. The number of rotatable bonds is 7. The summed E-state index contributed by atoms with van der Waals surface area (Å²) in [5, 5.41) is 5.55. The van der Waals surface area contributed by atoms with Gasteiger partial charge in [0.15, 0.2) is 11.5 Å². The van der Waals surface area contributed by atoms with Crippen molar-refractivity contribution < 1.29 is 23.8 Å². The molecule has 142 valence electrons. The smallest absolute Gasteiger partial charge is 0.338 e. The van der Waals surface area contributed by atoms with Crippen LogP contribution in [0.1, 0.15) is 39.3 Å². The van der Waals surface area contributed by atoms with Crippen molar-refractivity contribution in [1.82, 2.24) is 10.6 Å². The van der Waals surface area contributed by atoms with Gasteiger partial charge in [0.25, 0.3) is 0 Å². The molecule has 2 N–H and O–H groups in total. The number of esters is 1. The summed E-state index contributed by atoms with van der Waals surface area (Å²) in [5.74, 6) is 0.631. The predicted molar refractivity (Wildman–Crippen MR) is 97.1 cm³/mol. The number of benzene rings is 1. The van der Waals surface area contributed by atoms with Gasteiger partial charge in [-0.1, -0.05) is 19.9 Å². The molecule has 0 saturated carbocycles. The molecule has 2 rings (SSSR count). The lowest BCUT2D eigenvalue weighted by atomic mass is 9.91. The van der Waals surface area contributed by atoms with Crippen LogP contribution in [-0.2, 0) is 9.53 Å². The van der Waals surface area contributed by atoms with E-state index in [0.29, 0.717) is 34.9 Å². The highest BCUT2D eigenvalue weighted by molar-refractivity contribution is 5.95. The van der Waals surface area contributed by atoms with Crippen LogP contribution < -0.4 is 20.1 Å². The zero-order valence-electron chi connectivity index (χ0n) is 15.8. The molecule has 1 aliphatic rings. The van der Waals surface area contributed by atoms with Crippen LogP contribution in [-0.4, -0.2) is 32.3 Å². The highest BCUT2D eigenvalue weighted by Gasteiger charge is 2.35. The molecule has 0 spiro atoms. The highest BCUT2D eigenvalue weighted by atomic mass is 16.5. The standard InChI is InChI=1S/C19H26N2O5/c1-6-25-14-10-12(8-9-13(14)24-5)17-15(18(22)26-7-2)16(11(3)4)20-19(23)21-17/h8-11,17H,6-7H2,1-5H3,(H2,20,21,23). The third-order valence-electron chi connectivity index (χ3n) is 4.00. The van der Waals surface area contributed by atoms with Crippen LogP contribution in [0.25, 0.3) is 0 Å². The lowest BCUT2D eigenvalue weighted by Gasteiger charge is -2.31. The second-order valence-electron chi connectivity index (χ2n) is 6.08. The Bertz CT molecular complexity index is 712. The number of urea groups is 1. The minimum absolute atomic E-state index is 0.0485. The van der Waals surface area contributed by atoms with E-state index in [1.807, 2.05) is 20.8 Å². The number of hydrogen-bond donors (Lipinski definition) is 2. The van der Waals surface area contributed by atoms with E-state index in [1.54, 1.807) is 32.2 Å². The third kappa shape index (κ3) is 4.09. The first-order chi connectivity index (χ1) is 12.4. The summed E-state index contributed by atoms with van der Waals surface area (Å²) in [6, 6.07) is 4.34. The van der Waals surface area contributed by atoms with E-state index in [1.165, 1.54) is 0 Å². The van der Waals surface area contributed by atoms with E-state index in [9.17, 15) is 9.59 Å². The van der Waals surface area contributed by atoms with Crippen LogP contribution in [0, 0.1) is 5.92 Å². The number of amides is 2. The number of hydrogen-bond acceptors (Lipinski definition) is 5. The van der Waals surface area contributed by atoms with Crippen LogP contribution in [0.2, 0.25) is 0 Å². The molecule has 26 heavy (non-hydrogen) atoms. The third-order valence-corrected chi connectivity index (χ3v) is 4.00.